The summed E-state index contributed by atoms with van der Waals surface area (Å²) in [7, 11) is 0. The lowest BCUT2D eigenvalue weighted by Gasteiger charge is -2.39. The van der Waals surface area contributed by atoms with Gasteiger partial charge in [-0.15, -0.1) is 0 Å². The van der Waals surface area contributed by atoms with Gasteiger partial charge in [0.05, 0.1) is 12.2 Å². The minimum absolute atomic E-state index is 0.144. The van der Waals surface area contributed by atoms with Crippen LogP contribution >= 0.6 is 0 Å². The van der Waals surface area contributed by atoms with Crippen LogP contribution in [0.3, 0.4) is 0 Å². The van der Waals surface area contributed by atoms with Crippen molar-refractivity contribution in [3.63, 3.8) is 0 Å². The third kappa shape index (κ3) is 5.12. The number of benzene rings is 3. The Labute approximate surface area is 209 Å². The summed E-state index contributed by atoms with van der Waals surface area (Å²) in [6, 6.07) is 23.5. The molecule has 186 valence electrons. The van der Waals surface area contributed by atoms with Crippen molar-refractivity contribution in [2.45, 2.75) is 56.8 Å². The van der Waals surface area contributed by atoms with Crippen molar-refractivity contribution < 1.29 is 29.3 Å². The molecule has 1 fully saturated rings. The molecule has 2 N–H and O–H groups in total. The average Bonchev–Trinajstić information content (AvgIpc) is 2.89. The molecular weight excluding hydrogens is 458 g/mol. The van der Waals surface area contributed by atoms with E-state index in [0.29, 0.717) is 30.8 Å². The smallest absolute Gasteiger partial charge is 0.326 e. The quantitative estimate of drug-likeness (QED) is 0.501. The molecule has 0 spiro atoms. The number of aliphatic carboxylic acids is 1. The van der Waals surface area contributed by atoms with Crippen molar-refractivity contribution >= 4 is 11.9 Å². The summed E-state index contributed by atoms with van der Waals surface area (Å²) in [5.41, 5.74) is 3.35. The molecule has 2 aliphatic rings. The second-order valence-corrected chi connectivity index (χ2v) is 9.37. The van der Waals surface area contributed by atoms with Gasteiger partial charge in [-0.05, 0) is 35.6 Å². The summed E-state index contributed by atoms with van der Waals surface area (Å²) in [5.74, 6) is -0.831. The molecule has 0 aromatic heterocycles. The number of aliphatic hydroxyl groups excluding tert-OH is 1. The topological polar surface area (TPSA) is 96.3 Å². The van der Waals surface area contributed by atoms with Crippen LogP contribution in [0.2, 0.25) is 0 Å². The number of hydrogen-bond donors (Lipinski definition) is 2. The molecule has 0 saturated heterocycles. The Morgan fingerprint density at radius 1 is 0.944 bits per heavy atom. The Hall–Kier alpha value is -3.68. The Morgan fingerprint density at radius 2 is 1.64 bits per heavy atom. The Bertz CT molecular complexity index is 1210. The van der Waals surface area contributed by atoms with Crippen LogP contribution in [0.25, 0.3) is 0 Å². The van der Waals surface area contributed by atoms with Gasteiger partial charge in [0.25, 0.3) is 5.91 Å². The molecule has 1 aliphatic heterocycles. The SMILES string of the molecule is O=C(O)[C@H]1Cc2c(cccc2OCc2ccccc2)CN1C(=O)[C@@H](O[C@H]1C[C@@H](O)C1)c1ccccc1. The van der Waals surface area contributed by atoms with E-state index >= 15 is 0 Å². The van der Waals surface area contributed by atoms with Crippen molar-refractivity contribution in [3.05, 3.63) is 101 Å². The van der Waals surface area contributed by atoms with E-state index in [2.05, 4.69) is 0 Å². The Morgan fingerprint density at radius 3 is 2.31 bits per heavy atom. The second-order valence-electron chi connectivity index (χ2n) is 9.37. The highest BCUT2D eigenvalue weighted by Gasteiger charge is 2.41. The molecule has 2 atom stereocenters. The van der Waals surface area contributed by atoms with Crippen molar-refractivity contribution in [2.24, 2.45) is 0 Å². The maximum atomic E-state index is 13.8. The molecule has 3 aromatic carbocycles. The fourth-order valence-electron chi connectivity index (χ4n) is 4.81. The number of carbonyl (C=O) groups excluding carboxylic acids is 1. The number of aliphatic hydroxyl groups is 1. The number of carbonyl (C=O) groups is 2. The highest BCUT2D eigenvalue weighted by molar-refractivity contribution is 5.88. The summed E-state index contributed by atoms with van der Waals surface area (Å²) in [5, 5.41) is 19.8. The fourth-order valence-corrected chi connectivity index (χ4v) is 4.81. The summed E-state index contributed by atoms with van der Waals surface area (Å²) in [6.07, 6.45) is -0.541. The number of rotatable bonds is 8. The van der Waals surface area contributed by atoms with Crippen LogP contribution in [0.15, 0.2) is 78.9 Å². The van der Waals surface area contributed by atoms with Gasteiger partial charge in [-0.3, -0.25) is 4.79 Å². The third-order valence-electron chi connectivity index (χ3n) is 6.87. The minimum atomic E-state index is -1.07. The first-order chi connectivity index (χ1) is 17.5. The van der Waals surface area contributed by atoms with E-state index in [1.807, 2.05) is 66.7 Å². The van der Waals surface area contributed by atoms with Gasteiger partial charge < -0.3 is 24.6 Å². The van der Waals surface area contributed by atoms with Crippen molar-refractivity contribution in [2.75, 3.05) is 0 Å². The highest BCUT2D eigenvalue weighted by atomic mass is 16.5. The van der Waals surface area contributed by atoms with E-state index in [1.54, 1.807) is 12.1 Å². The number of hydrogen-bond acceptors (Lipinski definition) is 5. The normalized spacial score (nSPS) is 21.7. The van der Waals surface area contributed by atoms with E-state index in [0.717, 1.165) is 16.7 Å². The van der Waals surface area contributed by atoms with E-state index < -0.39 is 30.1 Å². The summed E-state index contributed by atoms with van der Waals surface area (Å²) < 4.78 is 12.2. The molecule has 7 heteroatoms. The van der Waals surface area contributed by atoms with Crippen molar-refractivity contribution in [1.29, 1.82) is 0 Å². The van der Waals surface area contributed by atoms with Crippen molar-refractivity contribution in [3.8, 4) is 5.75 Å². The molecular formula is C29H29NO6. The standard InChI is InChI=1S/C29H29NO6/c31-22-14-23(15-22)36-27(20-10-5-2-6-11-20)28(32)30-17-21-12-7-13-26(24(21)16-25(30)29(33)34)35-18-19-8-3-1-4-9-19/h1-13,22-23,25,27,31H,14-18H2,(H,33,34)/t22-,23+,25-,27+/m1/s1. The first-order valence-corrected chi connectivity index (χ1v) is 12.2. The number of nitrogens with zero attached hydrogens (tertiary/aromatic N) is 1. The zero-order valence-corrected chi connectivity index (χ0v) is 19.8. The maximum absolute atomic E-state index is 13.8. The van der Waals surface area contributed by atoms with Crippen LogP contribution in [0, 0.1) is 0 Å². The number of carboxylic acid groups (broad SMARTS) is 1. The molecule has 1 amide bonds. The summed E-state index contributed by atoms with van der Waals surface area (Å²) in [6.45, 7) is 0.516. The van der Waals surface area contributed by atoms with Crippen LogP contribution in [-0.4, -0.2) is 45.2 Å². The van der Waals surface area contributed by atoms with Gasteiger partial charge in [0.1, 0.15) is 18.4 Å². The van der Waals surface area contributed by atoms with Gasteiger partial charge in [-0.2, -0.15) is 0 Å². The molecule has 0 radical (unpaired) electrons. The van der Waals surface area contributed by atoms with Gasteiger partial charge in [0.2, 0.25) is 0 Å². The molecule has 5 rings (SSSR count). The monoisotopic (exact) mass is 487 g/mol. The van der Waals surface area contributed by atoms with Gasteiger partial charge >= 0.3 is 5.97 Å². The molecule has 36 heavy (non-hydrogen) atoms. The van der Waals surface area contributed by atoms with Gasteiger partial charge in [0, 0.05) is 18.5 Å². The Balaban J connectivity index is 1.40. The number of fused-ring (bicyclic) bond motifs is 1. The summed E-state index contributed by atoms with van der Waals surface area (Å²) in [4.78, 5) is 27.6. The lowest BCUT2D eigenvalue weighted by molar-refractivity contribution is -0.167. The van der Waals surface area contributed by atoms with Crippen LogP contribution < -0.4 is 4.74 Å². The van der Waals surface area contributed by atoms with Gasteiger partial charge in [0.15, 0.2) is 6.10 Å². The number of amides is 1. The van der Waals surface area contributed by atoms with E-state index in [4.69, 9.17) is 9.47 Å². The first kappa shape index (κ1) is 24.0. The van der Waals surface area contributed by atoms with E-state index in [9.17, 15) is 19.8 Å². The van der Waals surface area contributed by atoms with Gasteiger partial charge in [-0.25, -0.2) is 4.79 Å². The lowest BCUT2D eigenvalue weighted by Crippen LogP contribution is -2.51. The van der Waals surface area contributed by atoms with E-state index in [-0.39, 0.29) is 19.1 Å². The molecule has 1 heterocycles. The molecule has 1 saturated carbocycles. The molecule has 0 unspecified atom stereocenters. The lowest BCUT2D eigenvalue weighted by atomic mass is 9.90. The third-order valence-corrected chi connectivity index (χ3v) is 6.87. The van der Waals surface area contributed by atoms with Crippen molar-refractivity contribution in [1.82, 2.24) is 4.90 Å². The number of carboxylic acids is 1. The average molecular weight is 488 g/mol. The predicted molar refractivity (Wildman–Crippen MR) is 132 cm³/mol. The minimum Gasteiger partial charge on any atom is -0.489 e. The molecule has 0 bridgehead atoms. The second kappa shape index (κ2) is 10.5. The maximum Gasteiger partial charge on any atom is 0.326 e. The zero-order valence-electron chi connectivity index (χ0n) is 19.8. The molecule has 3 aromatic rings. The first-order valence-electron chi connectivity index (χ1n) is 12.2. The molecule has 7 nitrogen and oxygen atoms in total. The van der Waals surface area contributed by atoms with Crippen LogP contribution in [-0.2, 0) is 33.9 Å². The zero-order chi connectivity index (χ0) is 25.1. The van der Waals surface area contributed by atoms with E-state index in [1.165, 1.54) is 4.90 Å². The number of ether oxygens (including phenoxy) is 2. The van der Waals surface area contributed by atoms with Gasteiger partial charge in [-0.1, -0.05) is 72.8 Å². The van der Waals surface area contributed by atoms with Crippen LogP contribution in [0.4, 0.5) is 0 Å². The largest absolute Gasteiger partial charge is 0.489 e. The van der Waals surface area contributed by atoms with Crippen LogP contribution in [0.1, 0.15) is 41.2 Å². The fraction of sp³-hybridized carbons (Fsp3) is 0.310. The molecule has 1 aliphatic carbocycles. The van der Waals surface area contributed by atoms with Crippen LogP contribution in [0.5, 0.6) is 5.75 Å². The summed E-state index contributed by atoms with van der Waals surface area (Å²) >= 11 is 0. The predicted octanol–water partition coefficient (Wildman–Crippen LogP) is 3.88. The highest BCUT2D eigenvalue weighted by Crippen LogP contribution is 2.36. The Kier molecular flexibility index (Phi) is 7.02.